The summed E-state index contributed by atoms with van der Waals surface area (Å²) >= 11 is 6.44. The molecule has 0 amide bonds. The number of aryl methyl sites for hydroxylation is 2. The SMILES string of the molecule is CCCNC(Cc1c(Cl)c(CC)nn1C)CC(C)OC. The molecule has 2 atom stereocenters. The molecule has 1 heterocycles. The summed E-state index contributed by atoms with van der Waals surface area (Å²) in [5, 5.41) is 8.89. The minimum Gasteiger partial charge on any atom is -0.382 e. The van der Waals surface area contributed by atoms with Gasteiger partial charge in [0.2, 0.25) is 0 Å². The monoisotopic (exact) mass is 301 g/mol. The van der Waals surface area contributed by atoms with E-state index in [-0.39, 0.29) is 6.10 Å². The second-order valence-corrected chi connectivity index (χ2v) is 5.70. The van der Waals surface area contributed by atoms with Gasteiger partial charge in [-0.3, -0.25) is 4.68 Å². The van der Waals surface area contributed by atoms with Crippen LogP contribution in [0.1, 0.15) is 45.0 Å². The zero-order chi connectivity index (χ0) is 15.1. The zero-order valence-corrected chi connectivity index (χ0v) is 14.1. The lowest BCUT2D eigenvalue weighted by Crippen LogP contribution is -2.35. The van der Waals surface area contributed by atoms with E-state index < -0.39 is 0 Å². The summed E-state index contributed by atoms with van der Waals surface area (Å²) in [4.78, 5) is 0. The Morgan fingerprint density at radius 3 is 2.60 bits per heavy atom. The average Bonchev–Trinajstić information content (AvgIpc) is 2.71. The molecular weight excluding hydrogens is 274 g/mol. The highest BCUT2D eigenvalue weighted by Gasteiger charge is 2.19. The number of aromatic nitrogens is 2. The van der Waals surface area contributed by atoms with E-state index >= 15 is 0 Å². The first kappa shape index (κ1) is 17.5. The molecule has 1 aromatic heterocycles. The Balaban J connectivity index is 2.80. The Morgan fingerprint density at radius 1 is 1.40 bits per heavy atom. The third-order valence-electron chi connectivity index (χ3n) is 3.64. The third-order valence-corrected chi connectivity index (χ3v) is 4.08. The van der Waals surface area contributed by atoms with Crippen molar-refractivity contribution in [3.8, 4) is 0 Å². The Bertz CT molecular complexity index is 406. The normalized spacial score (nSPS) is 14.5. The lowest BCUT2D eigenvalue weighted by atomic mass is 10.0. The van der Waals surface area contributed by atoms with Gasteiger partial charge in [0.05, 0.1) is 22.5 Å². The number of nitrogens with zero attached hydrogens (tertiary/aromatic N) is 2. The van der Waals surface area contributed by atoms with Gasteiger partial charge in [0, 0.05) is 26.6 Å². The lowest BCUT2D eigenvalue weighted by molar-refractivity contribution is 0.100. The summed E-state index contributed by atoms with van der Waals surface area (Å²) in [6.45, 7) is 7.37. The average molecular weight is 302 g/mol. The summed E-state index contributed by atoms with van der Waals surface area (Å²) in [7, 11) is 3.73. The van der Waals surface area contributed by atoms with Crippen LogP contribution in [0, 0.1) is 0 Å². The molecule has 2 unspecified atom stereocenters. The van der Waals surface area contributed by atoms with Gasteiger partial charge in [0.25, 0.3) is 0 Å². The van der Waals surface area contributed by atoms with Gasteiger partial charge in [-0.2, -0.15) is 5.10 Å². The molecule has 0 bridgehead atoms. The molecule has 1 aromatic rings. The summed E-state index contributed by atoms with van der Waals surface area (Å²) in [6.07, 6.45) is 4.09. The van der Waals surface area contributed by atoms with E-state index in [9.17, 15) is 0 Å². The van der Waals surface area contributed by atoms with Gasteiger partial charge in [-0.15, -0.1) is 0 Å². The summed E-state index contributed by atoms with van der Waals surface area (Å²) < 4.78 is 7.31. The van der Waals surface area contributed by atoms with E-state index in [1.165, 1.54) is 0 Å². The summed E-state index contributed by atoms with van der Waals surface area (Å²) in [5.74, 6) is 0. The number of rotatable bonds is 9. The number of hydrogen-bond acceptors (Lipinski definition) is 3. The molecule has 0 radical (unpaired) electrons. The van der Waals surface area contributed by atoms with Crippen molar-refractivity contribution >= 4 is 11.6 Å². The van der Waals surface area contributed by atoms with Crippen LogP contribution in [-0.2, 0) is 24.6 Å². The van der Waals surface area contributed by atoms with Crippen molar-refractivity contribution in [3.63, 3.8) is 0 Å². The number of halogens is 1. The largest absolute Gasteiger partial charge is 0.382 e. The molecule has 0 spiro atoms. The number of hydrogen-bond donors (Lipinski definition) is 1. The Labute approximate surface area is 127 Å². The minimum absolute atomic E-state index is 0.238. The Kier molecular flexibility index (Phi) is 7.56. The number of nitrogens with one attached hydrogen (secondary N) is 1. The van der Waals surface area contributed by atoms with Gasteiger partial charge >= 0.3 is 0 Å². The van der Waals surface area contributed by atoms with Gasteiger partial charge in [-0.05, 0) is 32.7 Å². The van der Waals surface area contributed by atoms with Crippen LogP contribution in [0.4, 0.5) is 0 Å². The second kappa shape index (κ2) is 8.65. The summed E-state index contributed by atoms with van der Waals surface area (Å²) in [5.41, 5.74) is 2.10. The van der Waals surface area contributed by atoms with E-state index in [2.05, 4.69) is 31.2 Å². The topological polar surface area (TPSA) is 39.1 Å². The Hall–Kier alpha value is -0.580. The van der Waals surface area contributed by atoms with Crippen molar-refractivity contribution in [2.24, 2.45) is 7.05 Å². The van der Waals surface area contributed by atoms with E-state index in [4.69, 9.17) is 16.3 Å². The van der Waals surface area contributed by atoms with E-state index in [1.54, 1.807) is 7.11 Å². The zero-order valence-electron chi connectivity index (χ0n) is 13.4. The maximum Gasteiger partial charge on any atom is 0.0850 e. The van der Waals surface area contributed by atoms with Crippen LogP contribution in [0.3, 0.4) is 0 Å². The van der Waals surface area contributed by atoms with Crippen molar-refractivity contribution in [1.82, 2.24) is 15.1 Å². The molecule has 0 aliphatic rings. The molecule has 5 heteroatoms. The maximum absolute atomic E-state index is 6.44. The molecule has 4 nitrogen and oxygen atoms in total. The highest BCUT2D eigenvalue weighted by molar-refractivity contribution is 6.31. The molecule has 0 aromatic carbocycles. The first-order valence-corrected chi connectivity index (χ1v) is 7.87. The molecule has 1 rings (SSSR count). The first-order chi connectivity index (χ1) is 9.53. The van der Waals surface area contributed by atoms with Crippen molar-refractivity contribution < 1.29 is 4.74 Å². The van der Waals surface area contributed by atoms with Crippen molar-refractivity contribution in [2.45, 2.75) is 58.6 Å². The van der Waals surface area contributed by atoms with E-state index in [0.29, 0.717) is 6.04 Å². The van der Waals surface area contributed by atoms with Crippen LogP contribution < -0.4 is 5.32 Å². The molecular formula is C15H28ClN3O. The van der Waals surface area contributed by atoms with Gasteiger partial charge in [0.15, 0.2) is 0 Å². The van der Waals surface area contributed by atoms with E-state index in [0.717, 1.165) is 48.6 Å². The summed E-state index contributed by atoms with van der Waals surface area (Å²) in [6, 6.07) is 0.363. The highest BCUT2D eigenvalue weighted by Crippen LogP contribution is 2.23. The van der Waals surface area contributed by atoms with Gasteiger partial charge in [0.1, 0.15) is 0 Å². The molecule has 116 valence electrons. The lowest BCUT2D eigenvalue weighted by Gasteiger charge is -2.22. The van der Waals surface area contributed by atoms with Crippen LogP contribution in [-0.4, -0.2) is 35.6 Å². The molecule has 0 fully saturated rings. The molecule has 0 aliphatic heterocycles. The van der Waals surface area contributed by atoms with Gasteiger partial charge in [-0.1, -0.05) is 25.4 Å². The molecule has 0 saturated carbocycles. The van der Waals surface area contributed by atoms with Gasteiger partial charge < -0.3 is 10.1 Å². The van der Waals surface area contributed by atoms with Crippen molar-refractivity contribution in [1.29, 1.82) is 0 Å². The number of ether oxygens (including phenoxy) is 1. The second-order valence-electron chi connectivity index (χ2n) is 5.32. The predicted molar refractivity (Wildman–Crippen MR) is 84.5 cm³/mol. The van der Waals surface area contributed by atoms with E-state index in [1.807, 2.05) is 11.7 Å². The molecule has 0 saturated heterocycles. The molecule has 20 heavy (non-hydrogen) atoms. The van der Waals surface area contributed by atoms with Crippen molar-refractivity contribution in [2.75, 3.05) is 13.7 Å². The van der Waals surface area contributed by atoms with Gasteiger partial charge in [-0.25, -0.2) is 0 Å². The minimum atomic E-state index is 0.238. The third kappa shape index (κ3) is 4.76. The quantitative estimate of drug-likeness (QED) is 0.762. The fourth-order valence-electron chi connectivity index (χ4n) is 2.36. The smallest absolute Gasteiger partial charge is 0.0850 e. The first-order valence-electron chi connectivity index (χ1n) is 7.49. The molecule has 1 N–H and O–H groups in total. The van der Waals surface area contributed by atoms with Crippen LogP contribution in [0.5, 0.6) is 0 Å². The standard InChI is InChI=1S/C15H28ClN3O/c1-6-8-17-12(9-11(3)20-5)10-14-15(16)13(7-2)18-19(14)4/h11-12,17H,6-10H2,1-5H3. The van der Waals surface area contributed by atoms with Crippen molar-refractivity contribution in [3.05, 3.63) is 16.4 Å². The molecule has 0 aliphatic carbocycles. The fraction of sp³-hybridized carbons (Fsp3) is 0.800. The Morgan fingerprint density at radius 2 is 2.10 bits per heavy atom. The highest BCUT2D eigenvalue weighted by atomic mass is 35.5. The maximum atomic E-state index is 6.44. The van der Waals surface area contributed by atoms with Crippen LogP contribution >= 0.6 is 11.6 Å². The van der Waals surface area contributed by atoms with Crippen LogP contribution in [0.25, 0.3) is 0 Å². The predicted octanol–water partition coefficient (Wildman–Crippen LogP) is 2.97. The number of methoxy groups -OCH3 is 1. The van der Waals surface area contributed by atoms with Crippen LogP contribution in [0.2, 0.25) is 5.02 Å². The fourth-order valence-corrected chi connectivity index (χ4v) is 2.73. The van der Waals surface area contributed by atoms with Crippen LogP contribution in [0.15, 0.2) is 0 Å².